The Morgan fingerprint density at radius 2 is 1.87 bits per heavy atom. The Morgan fingerprint density at radius 1 is 1.22 bits per heavy atom. The summed E-state index contributed by atoms with van der Waals surface area (Å²) in [6.45, 7) is 2.34. The lowest BCUT2D eigenvalue weighted by atomic mass is 9.80. The van der Waals surface area contributed by atoms with Crippen LogP contribution in [0.2, 0.25) is 5.02 Å². The molecule has 23 heavy (non-hydrogen) atoms. The highest BCUT2D eigenvalue weighted by Gasteiger charge is 2.38. The van der Waals surface area contributed by atoms with Crippen LogP contribution in [-0.2, 0) is 4.79 Å². The first-order valence-corrected chi connectivity index (χ1v) is 7.54. The van der Waals surface area contributed by atoms with Crippen LogP contribution < -0.4 is 10.9 Å². The second-order valence-corrected chi connectivity index (χ2v) is 6.19. The number of hydrogen-bond donors (Lipinski definition) is 3. The van der Waals surface area contributed by atoms with E-state index in [1.165, 1.54) is 11.0 Å². The van der Waals surface area contributed by atoms with E-state index in [-0.39, 0.29) is 5.91 Å². The smallest absolute Gasteiger partial charge is 0.407 e. The maximum absolute atomic E-state index is 12.3. The minimum atomic E-state index is -0.985. The fraction of sp³-hybridized carbons (Fsp3) is 0.400. The number of benzene rings is 1. The summed E-state index contributed by atoms with van der Waals surface area (Å²) >= 11 is 5.81. The minimum absolute atomic E-state index is 0.293. The quantitative estimate of drug-likeness (QED) is 0.716. The molecule has 0 aliphatic carbocycles. The molecule has 1 aliphatic heterocycles. The van der Waals surface area contributed by atoms with Gasteiger partial charge in [-0.05, 0) is 31.0 Å². The summed E-state index contributed by atoms with van der Waals surface area (Å²) in [6.07, 6.45) is -0.183. The van der Waals surface area contributed by atoms with Gasteiger partial charge < -0.3 is 10.0 Å². The van der Waals surface area contributed by atoms with E-state index in [0.29, 0.717) is 36.5 Å². The molecular weight excluding hydrogens is 322 g/mol. The number of carbonyl (C=O) groups excluding carboxylic acids is 2. The van der Waals surface area contributed by atoms with E-state index in [4.69, 9.17) is 16.7 Å². The van der Waals surface area contributed by atoms with Crippen molar-refractivity contribution in [2.45, 2.75) is 19.8 Å². The van der Waals surface area contributed by atoms with Gasteiger partial charge in [0.25, 0.3) is 5.91 Å². The van der Waals surface area contributed by atoms with E-state index in [2.05, 4.69) is 10.9 Å². The second-order valence-electron chi connectivity index (χ2n) is 5.75. The van der Waals surface area contributed by atoms with Crippen LogP contribution in [0.15, 0.2) is 24.3 Å². The summed E-state index contributed by atoms with van der Waals surface area (Å²) in [7, 11) is 0. The maximum Gasteiger partial charge on any atom is 0.407 e. The van der Waals surface area contributed by atoms with E-state index in [1.54, 1.807) is 25.1 Å². The van der Waals surface area contributed by atoms with E-state index < -0.39 is 17.4 Å². The van der Waals surface area contributed by atoms with Crippen LogP contribution in [0, 0.1) is 5.41 Å². The van der Waals surface area contributed by atoms with Crippen LogP contribution in [0.5, 0.6) is 0 Å². The summed E-state index contributed by atoms with van der Waals surface area (Å²) in [5.74, 6) is -0.801. The number of carbonyl (C=O) groups is 3. The SMILES string of the molecule is CC1(C(=O)NNC(=O)c2cccc(Cl)c2)CCN(C(=O)O)CC1. The summed E-state index contributed by atoms with van der Waals surface area (Å²) in [5.41, 5.74) is 4.38. The Hall–Kier alpha value is -2.28. The van der Waals surface area contributed by atoms with E-state index in [1.807, 2.05) is 0 Å². The number of amides is 3. The zero-order valence-corrected chi connectivity index (χ0v) is 13.4. The highest BCUT2D eigenvalue weighted by molar-refractivity contribution is 6.30. The number of nitrogens with zero attached hydrogens (tertiary/aromatic N) is 1. The molecule has 0 spiro atoms. The monoisotopic (exact) mass is 339 g/mol. The predicted molar refractivity (Wildman–Crippen MR) is 84.0 cm³/mol. The van der Waals surface area contributed by atoms with Crippen molar-refractivity contribution in [3.05, 3.63) is 34.9 Å². The summed E-state index contributed by atoms with van der Waals surface area (Å²) in [6, 6.07) is 6.37. The van der Waals surface area contributed by atoms with Crippen molar-refractivity contribution in [1.29, 1.82) is 0 Å². The Bertz CT molecular complexity index is 627. The summed E-state index contributed by atoms with van der Waals surface area (Å²) in [4.78, 5) is 36.4. The van der Waals surface area contributed by atoms with Gasteiger partial charge in [-0.15, -0.1) is 0 Å². The number of piperidine rings is 1. The molecular formula is C15H18ClN3O4. The van der Waals surface area contributed by atoms with Crippen molar-refractivity contribution in [2.24, 2.45) is 5.41 Å². The molecule has 2 rings (SSSR count). The van der Waals surface area contributed by atoms with Gasteiger partial charge in [0, 0.05) is 23.7 Å². The first-order valence-electron chi connectivity index (χ1n) is 7.16. The van der Waals surface area contributed by atoms with Crippen molar-refractivity contribution in [2.75, 3.05) is 13.1 Å². The number of nitrogens with one attached hydrogen (secondary N) is 2. The molecule has 3 N–H and O–H groups in total. The fourth-order valence-corrected chi connectivity index (χ4v) is 2.58. The average Bonchev–Trinajstić information content (AvgIpc) is 2.52. The van der Waals surface area contributed by atoms with Gasteiger partial charge in [-0.2, -0.15) is 0 Å². The third-order valence-electron chi connectivity index (χ3n) is 4.06. The summed E-state index contributed by atoms with van der Waals surface area (Å²) in [5, 5.41) is 9.36. The van der Waals surface area contributed by atoms with Crippen LogP contribution in [0.1, 0.15) is 30.1 Å². The summed E-state index contributed by atoms with van der Waals surface area (Å²) < 4.78 is 0. The number of likely N-dealkylation sites (tertiary alicyclic amines) is 1. The molecule has 1 aromatic rings. The van der Waals surface area contributed by atoms with Crippen LogP contribution in [-0.4, -0.2) is 41.0 Å². The van der Waals surface area contributed by atoms with Gasteiger partial charge in [0.15, 0.2) is 0 Å². The zero-order valence-electron chi connectivity index (χ0n) is 12.6. The predicted octanol–water partition coefficient (Wildman–Crippen LogP) is 1.88. The third kappa shape index (κ3) is 4.13. The Labute approximate surface area is 138 Å². The molecule has 1 aliphatic rings. The largest absolute Gasteiger partial charge is 0.465 e. The molecule has 1 heterocycles. The molecule has 0 aromatic heterocycles. The molecule has 0 atom stereocenters. The van der Waals surface area contributed by atoms with Crippen LogP contribution in [0.3, 0.4) is 0 Å². The number of rotatable bonds is 2. The lowest BCUT2D eigenvalue weighted by Gasteiger charge is -2.36. The average molecular weight is 340 g/mol. The molecule has 1 fully saturated rings. The lowest BCUT2D eigenvalue weighted by Crippen LogP contribution is -2.52. The van der Waals surface area contributed by atoms with E-state index in [0.717, 1.165) is 0 Å². The van der Waals surface area contributed by atoms with Gasteiger partial charge in [-0.25, -0.2) is 4.79 Å². The van der Waals surface area contributed by atoms with Crippen LogP contribution >= 0.6 is 11.6 Å². The van der Waals surface area contributed by atoms with Gasteiger partial charge in [0.2, 0.25) is 5.91 Å². The first kappa shape index (κ1) is 17.1. The first-order chi connectivity index (χ1) is 10.8. The Kier molecular flexibility index (Phi) is 5.10. The number of halogens is 1. The van der Waals surface area contributed by atoms with Gasteiger partial charge in [-0.3, -0.25) is 20.4 Å². The van der Waals surface area contributed by atoms with Crippen LogP contribution in [0.25, 0.3) is 0 Å². The maximum atomic E-state index is 12.3. The van der Waals surface area contributed by atoms with Crippen molar-refractivity contribution in [3.63, 3.8) is 0 Å². The molecule has 3 amide bonds. The normalized spacial score (nSPS) is 16.5. The second kappa shape index (κ2) is 6.87. The molecule has 7 nitrogen and oxygen atoms in total. The molecule has 124 valence electrons. The van der Waals surface area contributed by atoms with Gasteiger partial charge in [0.1, 0.15) is 0 Å². The molecule has 0 radical (unpaired) electrons. The van der Waals surface area contributed by atoms with Gasteiger partial charge in [0.05, 0.1) is 5.41 Å². The fourth-order valence-electron chi connectivity index (χ4n) is 2.38. The molecule has 0 bridgehead atoms. The topological polar surface area (TPSA) is 98.7 Å². The van der Waals surface area contributed by atoms with Crippen molar-refractivity contribution >= 4 is 29.5 Å². The van der Waals surface area contributed by atoms with E-state index >= 15 is 0 Å². The van der Waals surface area contributed by atoms with Crippen molar-refractivity contribution in [3.8, 4) is 0 Å². The lowest BCUT2D eigenvalue weighted by molar-refractivity contribution is -0.133. The van der Waals surface area contributed by atoms with Crippen LogP contribution in [0.4, 0.5) is 4.79 Å². The van der Waals surface area contributed by atoms with Crippen molar-refractivity contribution < 1.29 is 19.5 Å². The molecule has 1 aromatic carbocycles. The third-order valence-corrected chi connectivity index (χ3v) is 4.30. The number of carboxylic acid groups (broad SMARTS) is 1. The minimum Gasteiger partial charge on any atom is -0.465 e. The number of hydrogen-bond acceptors (Lipinski definition) is 3. The molecule has 0 unspecified atom stereocenters. The van der Waals surface area contributed by atoms with Gasteiger partial charge in [-0.1, -0.05) is 24.6 Å². The Morgan fingerprint density at radius 3 is 2.43 bits per heavy atom. The van der Waals surface area contributed by atoms with Crippen molar-refractivity contribution in [1.82, 2.24) is 15.8 Å². The molecule has 8 heteroatoms. The number of hydrazine groups is 1. The molecule has 1 saturated heterocycles. The van der Waals surface area contributed by atoms with E-state index in [9.17, 15) is 14.4 Å². The highest BCUT2D eigenvalue weighted by atomic mass is 35.5. The Balaban J connectivity index is 1.89. The standard InChI is InChI=1S/C15H18ClN3O4/c1-15(5-7-19(8-6-15)14(22)23)13(21)18-17-12(20)10-3-2-4-11(16)9-10/h2-4,9H,5-8H2,1H3,(H,17,20)(H,18,21)(H,22,23). The highest BCUT2D eigenvalue weighted by Crippen LogP contribution is 2.30. The molecule has 0 saturated carbocycles. The van der Waals surface area contributed by atoms with Gasteiger partial charge >= 0.3 is 6.09 Å². The zero-order chi connectivity index (χ0) is 17.0.